The normalized spacial score (nSPS) is 15.0. The Balaban J connectivity index is 0. The molecule has 0 saturated heterocycles. The topological polar surface area (TPSA) is 67.8 Å². The molecule has 0 aliphatic heterocycles. The van der Waals surface area contributed by atoms with Gasteiger partial charge in [-0.05, 0) is 24.6 Å². The van der Waals surface area contributed by atoms with E-state index in [1.54, 1.807) is 0 Å². The summed E-state index contributed by atoms with van der Waals surface area (Å²) >= 11 is 0. The van der Waals surface area contributed by atoms with Crippen LogP contribution in [-0.2, 0) is 9.53 Å². The smallest absolute Gasteiger partial charge is 0.387 e. The number of rotatable bonds is 11. The van der Waals surface area contributed by atoms with Crippen LogP contribution in [0.15, 0.2) is 24.3 Å². The second-order valence-corrected chi connectivity index (χ2v) is 5.78. The van der Waals surface area contributed by atoms with E-state index in [0.717, 1.165) is 6.07 Å². The summed E-state index contributed by atoms with van der Waals surface area (Å²) < 4.78 is 70.0. The van der Waals surface area contributed by atoms with Crippen molar-refractivity contribution in [3.05, 3.63) is 29.8 Å². The van der Waals surface area contributed by atoms with E-state index < -0.39 is 50.5 Å². The van der Waals surface area contributed by atoms with Crippen molar-refractivity contribution < 1.29 is 44.2 Å². The van der Waals surface area contributed by atoms with Crippen molar-refractivity contribution in [2.45, 2.75) is 44.6 Å². The van der Waals surface area contributed by atoms with Crippen LogP contribution in [0.3, 0.4) is 0 Å². The molecular formula is C16H24F5NO4. The second-order valence-electron chi connectivity index (χ2n) is 5.78. The zero-order valence-corrected chi connectivity index (χ0v) is 13.9. The zero-order chi connectivity index (χ0) is 19.7. The molecule has 0 aliphatic rings. The Labute approximate surface area is 150 Å². The first-order valence-electron chi connectivity index (χ1n) is 7.65. The van der Waals surface area contributed by atoms with Gasteiger partial charge in [-0.2, -0.15) is 17.6 Å². The minimum Gasteiger partial charge on any atom is -0.435 e. The molecule has 1 amide bonds. The number of halogens is 5. The number of alkyl halides is 5. The van der Waals surface area contributed by atoms with Gasteiger partial charge in [0.15, 0.2) is 0 Å². The maximum atomic E-state index is 12.4. The Morgan fingerprint density at radius 2 is 2.00 bits per heavy atom. The molecule has 0 heterocycles. The number of ether oxygens (including phenoxy) is 2. The van der Waals surface area contributed by atoms with Gasteiger partial charge in [0.1, 0.15) is 5.75 Å². The molecule has 0 aromatic heterocycles. The molecule has 1 aromatic carbocycles. The molecule has 0 fully saturated rings. The molecule has 0 saturated carbocycles. The van der Waals surface area contributed by atoms with Gasteiger partial charge in [-0.25, -0.2) is 0 Å². The Hall–Kier alpha value is -1.94. The summed E-state index contributed by atoms with van der Waals surface area (Å²) in [4.78, 5) is 12.0. The number of carbonyl (C=O) groups excluding carboxylic acids is 1. The van der Waals surface area contributed by atoms with Gasteiger partial charge >= 0.3 is 13.2 Å². The van der Waals surface area contributed by atoms with Crippen molar-refractivity contribution in [3.8, 4) is 5.75 Å². The fraction of sp³-hybridized carbons (Fsp3) is 0.562. The average molecular weight is 389 g/mol. The van der Waals surface area contributed by atoms with Crippen LogP contribution in [0.5, 0.6) is 5.75 Å². The fourth-order valence-corrected chi connectivity index (χ4v) is 2.18. The Morgan fingerprint density at radius 1 is 1.31 bits per heavy atom. The van der Waals surface area contributed by atoms with Crippen LogP contribution in [0.1, 0.15) is 34.2 Å². The van der Waals surface area contributed by atoms with Gasteiger partial charge in [0, 0.05) is 9.27 Å². The number of hydrogen-bond acceptors (Lipinski definition) is 4. The summed E-state index contributed by atoms with van der Waals surface area (Å²) in [5.41, 5.74) is -1.43. The number of nitrogens with one attached hydrogen (secondary N) is 1. The minimum atomic E-state index is -3.11. The number of aliphatic hydroxyl groups is 1. The van der Waals surface area contributed by atoms with E-state index in [4.69, 9.17) is 0 Å². The summed E-state index contributed by atoms with van der Waals surface area (Å²) in [5.74, 6) is -0.968. The number of hydrogen-bond donors (Lipinski definition) is 2. The van der Waals surface area contributed by atoms with Crippen LogP contribution in [0.4, 0.5) is 22.0 Å². The van der Waals surface area contributed by atoms with Crippen molar-refractivity contribution in [1.82, 2.24) is 5.32 Å². The molecule has 26 heavy (non-hydrogen) atoms. The van der Waals surface area contributed by atoms with Crippen LogP contribution in [0.25, 0.3) is 0 Å². The van der Waals surface area contributed by atoms with Crippen LogP contribution in [0, 0.1) is 0 Å². The summed E-state index contributed by atoms with van der Waals surface area (Å²) in [7, 11) is 0. The predicted molar refractivity (Wildman–Crippen MR) is 86.0 cm³/mol. The lowest BCUT2D eigenvalue weighted by molar-refractivity contribution is -0.140. The minimum absolute atomic E-state index is 0. The largest absolute Gasteiger partial charge is 0.435 e. The first kappa shape index (κ1) is 22.1. The van der Waals surface area contributed by atoms with Crippen LogP contribution < -0.4 is 10.1 Å². The summed E-state index contributed by atoms with van der Waals surface area (Å²) in [5, 5.41) is 12.2. The van der Waals surface area contributed by atoms with E-state index >= 15 is 0 Å². The van der Waals surface area contributed by atoms with E-state index in [2.05, 4.69) is 14.8 Å². The van der Waals surface area contributed by atoms with Gasteiger partial charge in [0.2, 0.25) is 5.91 Å². The molecule has 10 heteroatoms. The fourth-order valence-electron chi connectivity index (χ4n) is 2.18. The molecule has 152 valence electrons. The molecule has 0 bridgehead atoms. The van der Waals surface area contributed by atoms with Crippen molar-refractivity contribution in [2.24, 2.45) is 0 Å². The quantitative estimate of drug-likeness (QED) is 0.567. The highest BCUT2D eigenvalue weighted by molar-refractivity contribution is 5.77. The lowest BCUT2D eigenvalue weighted by atomic mass is 9.98. The van der Waals surface area contributed by atoms with Gasteiger partial charge in [-0.15, -0.1) is 0 Å². The molecule has 0 radical (unpaired) electrons. The Morgan fingerprint density at radius 3 is 2.58 bits per heavy atom. The lowest BCUT2D eigenvalue weighted by Gasteiger charge is -2.24. The first-order chi connectivity index (χ1) is 12.1. The molecule has 0 spiro atoms. The third-order valence-electron chi connectivity index (χ3n) is 3.38. The maximum absolute atomic E-state index is 12.4. The van der Waals surface area contributed by atoms with E-state index in [9.17, 15) is 31.9 Å². The van der Waals surface area contributed by atoms with Crippen LogP contribution >= 0.6 is 0 Å². The standard InChI is InChI=1S/C16H20F5NO4.2H2/c1-16(24,5-6-17)8-13(23)22-12(9-25-14(18)19)10-3-2-4-11(7-10)26-15(20)21;;/h2-4,7,12,14-15,24H,5-6,8-9H2,1H3,(H,22,23);2*1H/t12-,16+;;/m0../s1. The summed E-state index contributed by atoms with van der Waals surface area (Å²) in [6.07, 6.45) is -0.758. The van der Waals surface area contributed by atoms with Crippen LogP contribution in [0.2, 0.25) is 0 Å². The summed E-state index contributed by atoms with van der Waals surface area (Å²) in [6, 6.07) is 4.00. The second kappa shape index (κ2) is 10.3. The van der Waals surface area contributed by atoms with Crippen LogP contribution in [-0.4, -0.2) is 43.1 Å². The molecule has 0 aliphatic carbocycles. The highest BCUT2D eigenvalue weighted by Gasteiger charge is 2.26. The predicted octanol–water partition coefficient (Wildman–Crippen LogP) is 3.68. The highest BCUT2D eigenvalue weighted by atomic mass is 19.3. The van der Waals surface area contributed by atoms with E-state index in [0.29, 0.717) is 0 Å². The monoisotopic (exact) mass is 389 g/mol. The first-order valence-corrected chi connectivity index (χ1v) is 7.65. The number of carbonyl (C=O) groups is 1. The molecule has 0 unspecified atom stereocenters. The Kier molecular flexibility index (Phi) is 8.73. The van der Waals surface area contributed by atoms with Gasteiger partial charge in [-0.1, -0.05) is 12.1 Å². The SMILES string of the molecule is C[C@@](O)(CCF)CC(=O)N[C@@H](COC(F)F)c1cccc(OC(F)F)c1.[HH].[HH]. The van der Waals surface area contributed by atoms with Crippen molar-refractivity contribution in [1.29, 1.82) is 0 Å². The van der Waals surface area contributed by atoms with E-state index in [1.165, 1.54) is 25.1 Å². The van der Waals surface area contributed by atoms with Gasteiger partial charge in [0.25, 0.3) is 0 Å². The lowest BCUT2D eigenvalue weighted by Crippen LogP contribution is -2.38. The van der Waals surface area contributed by atoms with Crippen molar-refractivity contribution in [3.63, 3.8) is 0 Å². The molecule has 5 nitrogen and oxygen atoms in total. The molecule has 1 rings (SSSR count). The van der Waals surface area contributed by atoms with Gasteiger partial charge in [0.05, 0.1) is 31.3 Å². The third-order valence-corrected chi connectivity index (χ3v) is 3.38. The van der Waals surface area contributed by atoms with E-state index in [-0.39, 0.29) is 20.6 Å². The molecule has 1 aromatic rings. The highest BCUT2D eigenvalue weighted by Crippen LogP contribution is 2.23. The van der Waals surface area contributed by atoms with Crippen molar-refractivity contribution in [2.75, 3.05) is 13.3 Å². The third kappa shape index (κ3) is 8.43. The van der Waals surface area contributed by atoms with Gasteiger partial charge in [-0.3, -0.25) is 9.18 Å². The molecular weight excluding hydrogens is 365 g/mol. The Bertz CT molecular complexity index is 582. The number of amides is 1. The zero-order valence-electron chi connectivity index (χ0n) is 13.9. The number of benzene rings is 1. The maximum Gasteiger partial charge on any atom is 0.387 e. The van der Waals surface area contributed by atoms with Crippen molar-refractivity contribution >= 4 is 5.91 Å². The molecule has 2 N–H and O–H groups in total. The van der Waals surface area contributed by atoms with E-state index in [1.807, 2.05) is 0 Å². The summed E-state index contributed by atoms with van der Waals surface area (Å²) in [6.45, 7) is -6.41. The van der Waals surface area contributed by atoms with Gasteiger partial charge < -0.3 is 19.9 Å². The average Bonchev–Trinajstić information content (AvgIpc) is 2.50. The molecule has 2 atom stereocenters.